The Balaban J connectivity index is 1.23. The van der Waals surface area contributed by atoms with Crippen LogP contribution in [0.4, 0.5) is 4.79 Å². The summed E-state index contributed by atoms with van der Waals surface area (Å²) in [6, 6.07) is 15.3. The highest BCUT2D eigenvalue weighted by Gasteiger charge is 2.62. The zero-order valence-electron chi connectivity index (χ0n) is 20.2. The molecule has 35 heavy (non-hydrogen) atoms. The second-order valence-electron chi connectivity index (χ2n) is 10.8. The fourth-order valence-corrected chi connectivity index (χ4v) is 6.17. The molecule has 2 saturated carbocycles. The van der Waals surface area contributed by atoms with Gasteiger partial charge in [0.15, 0.2) is 0 Å². The van der Waals surface area contributed by atoms with Crippen LogP contribution in [0, 0.1) is 11.3 Å². The quantitative estimate of drug-likeness (QED) is 0.548. The van der Waals surface area contributed by atoms with Gasteiger partial charge in [0.25, 0.3) is 0 Å². The predicted molar refractivity (Wildman–Crippen MR) is 131 cm³/mol. The van der Waals surface area contributed by atoms with Crippen LogP contribution < -0.4 is 10.6 Å². The summed E-state index contributed by atoms with van der Waals surface area (Å²) >= 11 is 0. The molecule has 0 bridgehead atoms. The van der Waals surface area contributed by atoms with Gasteiger partial charge in [-0.25, -0.2) is 9.59 Å². The minimum atomic E-state index is -1.24. The number of benzene rings is 2. The predicted octanol–water partition coefficient (Wildman–Crippen LogP) is 4.45. The molecule has 5 rings (SSSR count). The smallest absolute Gasteiger partial charge is 0.407 e. The first-order valence-corrected chi connectivity index (χ1v) is 12.4. The van der Waals surface area contributed by atoms with E-state index in [4.69, 9.17) is 4.74 Å². The Bertz CT molecular complexity index is 1120. The lowest BCUT2D eigenvalue weighted by Crippen LogP contribution is -2.70. The van der Waals surface area contributed by atoms with Crippen LogP contribution in [0.2, 0.25) is 0 Å². The topological polar surface area (TPSA) is 105 Å². The van der Waals surface area contributed by atoms with E-state index < -0.39 is 29.6 Å². The molecule has 1 spiro atoms. The number of amides is 2. The van der Waals surface area contributed by atoms with Crippen molar-refractivity contribution in [1.29, 1.82) is 0 Å². The van der Waals surface area contributed by atoms with Crippen molar-refractivity contribution in [3.8, 4) is 11.1 Å². The SMILES string of the molecule is CC(C)[C@@H](NC(=O)OCC1c2ccccc2-c2ccccc21)C(=O)NC1(C(=O)O)CC2(CCC2)C1. The van der Waals surface area contributed by atoms with Crippen LogP contribution in [0.1, 0.15) is 63.0 Å². The number of carboxylic acids is 1. The van der Waals surface area contributed by atoms with Gasteiger partial charge in [0.1, 0.15) is 18.2 Å². The maximum atomic E-state index is 13.1. The summed E-state index contributed by atoms with van der Waals surface area (Å²) in [4.78, 5) is 37.9. The lowest BCUT2D eigenvalue weighted by Gasteiger charge is -2.59. The average Bonchev–Trinajstić information content (AvgIpc) is 3.10. The Hall–Kier alpha value is -3.35. The largest absolute Gasteiger partial charge is 0.480 e. The third-order valence-corrected chi connectivity index (χ3v) is 8.11. The van der Waals surface area contributed by atoms with Gasteiger partial charge in [-0.2, -0.15) is 0 Å². The lowest BCUT2D eigenvalue weighted by molar-refractivity contribution is -0.166. The minimum absolute atomic E-state index is 0.0687. The molecule has 2 fully saturated rings. The lowest BCUT2D eigenvalue weighted by atomic mass is 9.48. The van der Waals surface area contributed by atoms with Crippen LogP contribution in [0.15, 0.2) is 48.5 Å². The molecular formula is C28H32N2O5. The van der Waals surface area contributed by atoms with Crippen LogP contribution in [-0.2, 0) is 14.3 Å². The second-order valence-corrected chi connectivity index (χ2v) is 10.8. The number of carbonyl (C=O) groups excluding carboxylic acids is 2. The zero-order chi connectivity index (χ0) is 24.8. The van der Waals surface area contributed by atoms with Crippen molar-refractivity contribution in [3.05, 3.63) is 59.7 Å². The maximum absolute atomic E-state index is 13.1. The molecule has 7 heteroatoms. The van der Waals surface area contributed by atoms with E-state index in [1.807, 2.05) is 50.2 Å². The number of alkyl carbamates (subject to hydrolysis) is 1. The molecule has 184 valence electrons. The van der Waals surface area contributed by atoms with Gasteiger partial charge in [-0.05, 0) is 59.3 Å². The average molecular weight is 477 g/mol. The van der Waals surface area contributed by atoms with E-state index in [1.54, 1.807) is 0 Å². The van der Waals surface area contributed by atoms with Gasteiger partial charge in [0.05, 0.1) is 0 Å². The van der Waals surface area contributed by atoms with Crippen LogP contribution in [-0.4, -0.2) is 41.3 Å². The molecule has 0 radical (unpaired) electrons. The molecule has 2 aromatic rings. The number of nitrogens with one attached hydrogen (secondary N) is 2. The van der Waals surface area contributed by atoms with Crippen LogP contribution in [0.5, 0.6) is 0 Å². The number of hydrogen-bond donors (Lipinski definition) is 3. The standard InChI is InChI=1S/C28H32N2O5/c1-17(2)23(24(31)30-28(25(32)33)15-27(16-28)12-7-13-27)29-26(34)35-14-22-20-10-5-3-8-18(20)19-9-4-6-11-21(19)22/h3-6,8-11,17,22-23H,7,12-16H2,1-2H3,(H,29,34)(H,30,31)(H,32,33)/t23-/m1/s1. The highest BCUT2D eigenvalue weighted by atomic mass is 16.5. The normalized spacial score (nSPS) is 19.6. The zero-order valence-corrected chi connectivity index (χ0v) is 20.2. The van der Waals surface area contributed by atoms with Gasteiger partial charge in [-0.1, -0.05) is 68.8 Å². The van der Waals surface area contributed by atoms with E-state index >= 15 is 0 Å². The molecule has 1 atom stereocenters. The number of carbonyl (C=O) groups is 3. The van der Waals surface area contributed by atoms with Gasteiger partial charge >= 0.3 is 12.1 Å². The van der Waals surface area contributed by atoms with Crippen molar-refractivity contribution in [2.24, 2.45) is 11.3 Å². The summed E-state index contributed by atoms with van der Waals surface area (Å²) in [5.74, 6) is -1.81. The van der Waals surface area contributed by atoms with E-state index in [1.165, 1.54) is 0 Å². The number of rotatable bonds is 7. The maximum Gasteiger partial charge on any atom is 0.407 e. The van der Waals surface area contributed by atoms with Gasteiger partial charge in [-0.3, -0.25) is 4.79 Å². The Morgan fingerprint density at radius 1 is 1.00 bits per heavy atom. The van der Waals surface area contributed by atoms with Crippen molar-refractivity contribution in [3.63, 3.8) is 0 Å². The van der Waals surface area contributed by atoms with Gasteiger partial charge < -0.3 is 20.5 Å². The molecular weight excluding hydrogens is 444 g/mol. The summed E-state index contributed by atoms with van der Waals surface area (Å²) in [6.45, 7) is 3.78. The van der Waals surface area contributed by atoms with Crippen molar-refractivity contribution in [1.82, 2.24) is 10.6 Å². The van der Waals surface area contributed by atoms with E-state index in [9.17, 15) is 19.5 Å². The number of fused-ring (bicyclic) bond motifs is 3. The summed E-state index contributed by atoms with van der Waals surface area (Å²) in [7, 11) is 0. The van der Waals surface area contributed by atoms with E-state index in [2.05, 4.69) is 22.8 Å². The van der Waals surface area contributed by atoms with E-state index in [0.717, 1.165) is 41.5 Å². The first-order chi connectivity index (χ1) is 16.7. The highest BCUT2D eigenvalue weighted by Crippen LogP contribution is 2.60. The molecule has 0 aromatic heterocycles. The van der Waals surface area contributed by atoms with Gasteiger partial charge in [0.2, 0.25) is 5.91 Å². The molecule has 0 heterocycles. The van der Waals surface area contributed by atoms with Crippen molar-refractivity contribution in [2.45, 2.75) is 63.5 Å². The van der Waals surface area contributed by atoms with Crippen molar-refractivity contribution in [2.75, 3.05) is 6.61 Å². The second kappa shape index (κ2) is 8.70. The van der Waals surface area contributed by atoms with E-state index in [-0.39, 0.29) is 23.9 Å². The molecule has 3 aliphatic carbocycles. The Morgan fingerprint density at radius 3 is 2.06 bits per heavy atom. The monoisotopic (exact) mass is 476 g/mol. The molecule has 2 amide bonds. The number of ether oxygens (including phenoxy) is 1. The molecule has 0 saturated heterocycles. The number of hydrogen-bond acceptors (Lipinski definition) is 4. The Kier molecular flexibility index (Phi) is 5.82. The number of carboxylic acid groups (broad SMARTS) is 1. The fourth-order valence-electron chi connectivity index (χ4n) is 6.17. The van der Waals surface area contributed by atoms with Crippen LogP contribution in [0.25, 0.3) is 11.1 Å². The third kappa shape index (κ3) is 4.07. The van der Waals surface area contributed by atoms with Crippen molar-refractivity contribution < 1.29 is 24.2 Å². The first-order valence-electron chi connectivity index (χ1n) is 12.4. The summed E-state index contributed by atoms with van der Waals surface area (Å²) in [6.07, 6.45) is 3.37. The number of aliphatic carboxylic acids is 1. The molecule has 0 aliphatic heterocycles. The Morgan fingerprint density at radius 2 is 1.57 bits per heavy atom. The highest BCUT2D eigenvalue weighted by molar-refractivity contribution is 5.92. The molecule has 7 nitrogen and oxygen atoms in total. The summed E-state index contributed by atoms with van der Waals surface area (Å²) in [5.41, 5.74) is 3.32. The fraction of sp³-hybridized carbons (Fsp3) is 0.464. The van der Waals surface area contributed by atoms with Gasteiger partial charge in [0, 0.05) is 5.92 Å². The first kappa shape index (κ1) is 23.4. The third-order valence-electron chi connectivity index (χ3n) is 8.11. The molecule has 3 aliphatic rings. The van der Waals surface area contributed by atoms with Crippen LogP contribution in [0.3, 0.4) is 0 Å². The van der Waals surface area contributed by atoms with Crippen molar-refractivity contribution >= 4 is 18.0 Å². The van der Waals surface area contributed by atoms with Gasteiger partial charge in [-0.15, -0.1) is 0 Å². The molecule has 3 N–H and O–H groups in total. The minimum Gasteiger partial charge on any atom is -0.480 e. The van der Waals surface area contributed by atoms with Crippen LogP contribution >= 0.6 is 0 Å². The molecule has 0 unspecified atom stereocenters. The summed E-state index contributed by atoms with van der Waals surface area (Å²) in [5, 5.41) is 15.3. The van der Waals surface area contributed by atoms with E-state index in [0.29, 0.717) is 12.8 Å². The summed E-state index contributed by atoms with van der Waals surface area (Å²) < 4.78 is 5.60. The molecule has 2 aromatic carbocycles. The Labute approximate surface area is 205 Å².